The Hall–Kier alpha value is -1.10. The molecule has 1 unspecified atom stereocenters. The smallest absolute Gasteiger partial charge is 0.186 e. The number of rotatable bonds is 6. The van der Waals surface area contributed by atoms with E-state index in [0.717, 1.165) is 37.8 Å². The van der Waals surface area contributed by atoms with E-state index >= 15 is 0 Å². The quantitative estimate of drug-likeness (QED) is 0.791. The van der Waals surface area contributed by atoms with Crippen molar-refractivity contribution < 1.29 is 14.9 Å². The largest absolute Gasteiger partial charge is 0.468 e. The van der Waals surface area contributed by atoms with Gasteiger partial charge in [0.25, 0.3) is 0 Å². The molecule has 4 nitrogen and oxygen atoms in total. The molecule has 1 fully saturated rings. The lowest BCUT2D eigenvalue weighted by atomic mass is 9.72. The summed E-state index contributed by atoms with van der Waals surface area (Å²) in [4.78, 5) is 2.13. The first-order chi connectivity index (χ1) is 10.0. The zero-order valence-corrected chi connectivity index (χ0v) is 13.1. The molecule has 1 aliphatic rings. The zero-order valence-electron chi connectivity index (χ0n) is 13.1. The van der Waals surface area contributed by atoms with Gasteiger partial charge in [0.2, 0.25) is 0 Å². The van der Waals surface area contributed by atoms with Crippen LogP contribution in [0.15, 0.2) is 24.3 Å². The number of ether oxygens (including phenoxy) is 1. The Morgan fingerprint density at radius 2 is 1.76 bits per heavy atom. The molecule has 1 atom stereocenters. The first-order valence-electron chi connectivity index (χ1n) is 7.76. The number of nitrogens with zero attached hydrogens (tertiary/aromatic N) is 1. The van der Waals surface area contributed by atoms with Crippen LogP contribution in [0.3, 0.4) is 0 Å². The van der Waals surface area contributed by atoms with E-state index in [9.17, 15) is 5.11 Å². The predicted molar refractivity (Wildman–Crippen MR) is 83.5 cm³/mol. The summed E-state index contributed by atoms with van der Waals surface area (Å²) in [6, 6.07) is 7.73. The third-order valence-electron chi connectivity index (χ3n) is 4.43. The Morgan fingerprint density at radius 1 is 1.14 bits per heavy atom. The average molecular weight is 293 g/mol. The van der Waals surface area contributed by atoms with E-state index in [0.29, 0.717) is 5.75 Å². The highest BCUT2D eigenvalue weighted by Gasteiger charge is 2.38. The van der Waals surface area contributed by atoms with Crippen LogP contribution in [-0.4, -0.2) is 48.1 Å². The van der Waals surface area contributed by atoms with Gasteiger partial charge in [-0.3, -0.25) is 0 Å². The van der Waals surface area contributed by atoms with Crippen molar-refractivity contribution in [2.45, 2.75) is 43.6 Å². The number of likely N-dealkylation sites (N-methyl/N-ethyl adjacent to an activating group) is 1. The van der Waals surface area contributed by atoms with Crippen LogP contribution in [0.25, 0.3) is 0 Å². The minimum absolute atomic E-state index is 0.107. The van der Waals surface area contributed by atoms with Crippen molar-refractivity contribution in [3.63, 3.8) is 0 Å². The lowest BCUT2D eigenvalue weighted by molar-refractivity contribution is -0.0277. The number of aliphatic hydroxyl groups excluding tert-OH is 1. The van der Waals surface area contributed by atoms with Crippen molar-refractivity contribution in [3.05, 3.63) is 29.8 Å². The predicted octanol–water partition coefficient (Wildman–Crippen LogP) is 2.36. The Labute approximate surface area is 127 Å². The normalized spacial score (nSPS) is 19.5. The van der Waals surface area contributed by atoms with Crippen molar-refractivity contribution in [2.75, 3.05) is 27.4 Å². The van der Waals surface area contributed by atoms with E-state index in [1.54, 1.807) is 0 Å². The van der Waals surface area contributed by atoms with Gasteiger partial charge in [-0.1, -0.05) is 31.4 Å². The molecule has 0 aromatic heterocycles. The molecule has 4 heteroatoms. The molecular formula is C17H27NO3. The van der Waals surface area contributed by atoms with Crippen LogP contribution in [0.1, 0.15) is 43.6 Å². The third-order valence-corrected chi connectivity index (χ3v) is 4.43. The summed E-state index contributed by atoms with van der Waals surface area (Å²) < 4.78 is 5.07. The summed E-state index contributed by atoms with van der Waals surface area (Å²) >= 11 is 0. The molecule has 1 aromatic rings. The Balaban J connectivity index is 2.22. The molecule has 0 radical (unpaired) electrons. The minimum atomic E-state index is -0.609. The summed E-state index contributed by atoms with van der Waals surface area (Å²) in [5.41, 5.74) is 0.528. The summed E-state index contributed by atoms with van der Waals surface area (Å²) in [5, 5.41) is 19.9. The summed E-state index contributed by atoms with van der Waals surface area (Å²) in [6.07, 6.45) is 5.18. The van der Waals surface area contributed by atoms with Crippen LogP contribution in [0.4, 0.5) is 0 Å². The fraction of sp³-hybridized carbons (Fsp3) is 0.647. The van der Waals surface area contributed by atoms with Gasteiger partial charge in [0.1, 0.15) is 5.75 Å². The van der Waals surface area contributed by atoms with Crippen LogP contribution in [-0.2, 0) is 0 Å². The molecule has 118 valence electrons. The summed E-state index contributed by atoms with van der Waals surface area (Å²) in [7, 11) is 4.09. The second-order valence-corrected chi connectivity index (χ2v) is 6.32. The maximum absolute atomic E-state index is 11.1. The molecule has 0 bridgehead atoms. The second kappa shape index (κ2) is 7.25. The summed E-state index contributed by atoms with van der Waals surface area (Å²) in [5.74, 6) is 0.761. The maximum atomic E-state index is 11.1. The topological polar surface area (TPSA) is 52.9 Å². The van der Waals surface area contributed by atoms with Crippen LogP contribution < -0.4 is 4.74 Å². The van der Waals surface area contributed by atoms with Gasteiger partial charge in [-0.25, -0.2) is 0 Å². The molecule has 0 aliphatic heterocycles. The number of benzene rings is 1. The Bertz CT molecular complexity index is 424. The first-order valence-corrected chi connectivity index (χ1v) is 7.76. The highest BCUT2D eigenvalue weighted by Crippen LogP contribution is 2.40. The number of hydrogen-bond donors (Lipinski definition) is 2. The standard InChI is InChI=1S/C17H27NO3/c1-18(2)12-16(17(20)10-4-3-5-11-17)14-6-8-15(9-7-14)21-13-19/h6-9,16,19-20H,3-5,10-13H2,1-2H3. The van der Waals surface area contributed by atoms with Gasteiger partial charge in [-0.2, -0.15) is 0 Å². The van der Waals surface area contributed by atoms with Crippen LogP contribution in [0.5, 0.6) is 5.75 Å². The molecular weight excluding hydrogens is 266 g/mol. The van der Waals surface area contributed by atoms with Crippen LogP contribution in [0.2, 0.25) is 0 Å². The molecule has 0 spiro atoms. The fourth-order valence-corrected chi connectivity index (χ4v) is 3.33. The van der Waals surface area contributed by atoms with E-state index < -0.39 is 5.60 Å². The fourth-order valence-electron chi connectivity index (χ4n) is 3.33. The van der Waals surface area contributed by atoms with Crippen LogP contribution in [0, 0.1) is 0 Å². The summed E-state index contributed by atoms with van der Waals surface area (Å²) in [6.45, 7) is 0.515. The van der Waals surface area contributed by atoms with Crippen molar-refractivity contribution in [2.24, 2.45) is 0 Å². The van der Waals surface area contributed by atoms with Crippen molar-refractivity contribution in [1.82, 2.24) is 4.90 Å². The van der Waals surface area contributed by atoms with E-state index in [2.05, 4.69) is 4.90 Å². The van der Waals surface area contributed by atoms with Crippen molar-refractivity contribution >= 4 is 0 Å². The van der Waals surface area contributed by atoms with Gasteiger partial charge in [-0.15, -0.1) is 0 Å². The molecule has 0 heterocycles. The third kappa shape index (κ3) is 4.19. The van der Waals surface area contributed by atoms with Gasteiger partial charge in [0, 0.05) is 12.5 Å². The van der Waals surface area contributed by atoms with Gasteiger partial charge in [-0.05, 0) is 44.6 Å². The van der Waals surface area contributed by atoms with E-state index in [1.807, 2.05) is 38.4 Å². The molecule has 2 rings (SSSR count). The Morgan fingerprint density at radius 3 is 2.29 bits per heavy atom. The van der Waals surface area contributed by atoms with Gasteiger partial charge < -0.3 is 19.8 Å². The van der Waals surface area contributed by atoms with E-state index in [1.165, 1.54) is 6.42 Å². The highest BCUT2D eigenvalue weighted by molar-refractivity contribution is 5.31. The first kappa shape index (κ1) is 16.3. The Kier molecular flexibility index (Phi) is 5.62. The van der Waals surface area contributed by atoms with Gasteiger partial charge >= 0.3 is 0 Å². The molecule has 2 N–H and O–H groups in total. The van der Waals surface area contributed by atoms with E-state index in [4.69, 9.17) is 9.84 Å². The second-order valence-electron chi connectivity index (χ2n) is 6.32. The monoisotopic (exact) mass is 293 g/mol. The van der Waals surface area contributed by atoms with Gasteiger partial charge in [0.05, 0.1) is 5.60 Å². The maximum Gasteiger partial charge on any atom is 0.186 e. The average Bonchev–Trinajstić information content (AvgIpc) is 2.47. The molecule has 0 saturated heterocycles. The van der Waals surface area contributed by atoms with Crippen molar-refractivity contribution in [1.29, 1.82) is 0 Å². The molecule has 21 heavy (non-hydrogen) atoms. The minimum Gasteiger partial charge on any atom is -0.468 e. The van der Waals surface area contributed by atoms with E-state index in [-0.39, 0.29) is 12.7 Å². The van der Waals surface area contributed by atoms with Crippen molar-refractivity contribution in [3.8, 4) is 5.75 Å². The number of aliphatic hydroxyl groups is 2. The highest BCUT2D eigenvalue weighted by atomic mass is 16.6. The number of hydrogen-bond acceptors (Lipinski definition) is 4. The van der Waals surface area contributed by atoms with Crippen LogP contribution >= 0.6 is 0 Å². The SMILES string of the molecule is CN(C)CC(c1ccc(OCO)cc1)C1(O)CCCCC1. The lowest BCUT2D eigenvalue weighted by Crippen LogP contribution is -2.42. The zero-order chi connectivity index (χ0) is 15.3. The van der Waals surface area contributed by atoms with Gasteiger partial charge in [0.15, 0.2) is 6.79 Å². The molecule has 0 amide bonds. The lowest BCUT2D eigenvalue weighted by Gasteiger charge is -2.40. The molecule has 1 saturated carbocycles. The molecule has 1 aromatic carbocycles. The molecule has 1 aliphatic carbocycles.